The van der Waals surface area contributed by atoms with Crippen LogP contribution in [-0.2, 0) is 22.6 Å². The summed E-state index contributed by atoms with van der Waals surface area (Å²) < 4.78 is 14.1. The molecule has 0 spiro atoms. The third-order valence-electron chi connectivity index (χ3n) is 4.62. The van der Waals surface area contributed by atoms with Crippen molar-refractivity contribution >= 4 is 35.0 Å². The maximum atomic E-state index is 14.1. The van der Waals surface area contributed by atoms with E-state index in [1.165, 1.54) is 11.0 Å². The predicted molar refractivity (Wildman–Crippen MR) is 114 cm³/mol. The fourth-order valence-corrected chi connectivity index (χ4v) is 3.56. The molecular weight excluding hydrogens is 414 g/mol. The molecule has 0 saturated carbocycles. The highest BCUT2D eigenvalue weighted by atomic mass is 35.5. The minimum absolute atomic E-state index is 0.0594. The van der Waals surface area contributed by atoms with Gasteiger partial charge >= 0.3 is 0 Å². The Bertz CT molecular complexity index is 840. The first-order chi connectivity index (χ1) is 13.9. The molecule has 4 nitrogen and oxygen atoms in total. The van der Waals surface area contributed by atoms with Crippen molar-refractivity contribution < 1.29 is 14.0 Å². The van der Waals surface area contributed by atoms with Crippen molar-refractivity contribution in [3.05, 3.63) is 69.5 Å². The highest BCUT2D eigenvalue weighted by molar-refractivity contribution is 6.36. The van der Waals surface area contributed by atoms with E-state index in [1.807, 2.05) is 13.8 Å². The molecule has 156 valence electrons. The third kappa shape index (κ3) is 6.18. The fraction of sp³-hybridized carbons (Fsp3) is 0.364. The lowest BCUT2D eigenvalue weighted by Crippen LogP contribution is -2.49. The van der Waals surface area contributed by atoms with E-state index in [0.717, 1.165) is 6.42 Å². The Labute approximate surface area is 181 Å². The van der Waals surface area contributed by atoms with Crippen LogP contribution in [0, 0.1) is 5.82 Å². The van der Waals surface area contributed by atoms with E-state index < -0.39 is 11.9 Å². The molecule has 1 N–H and O–H groups in total. The Kier molecular flexibility index (Phi) is 8.93. The van der Waals surface area contributed by atoms with Gasteiger partial charge in [-0.25, -0.2) is 4.39 Å². The maximum Gasteiger partial charge on any atom is 0.242 e. The topological polar surface area (TPSA) is 49.4 Å². The molecular formula is C22H25Cl2FN2O2. The van der Waals surface area contributed by atoms with Crippen LogP contribution in [0.2, 0.25) is 10.0 Å². The molecule has 2 amide bonds. The summed E-state index contributed by atoms with van der Waals surface area (Å²) in [7, 11) is 0. The van der Waals surface area contributed by atoms with Gasteiger partial charge in [-0.05, 0) is 36.6 Å². The Balaban J connectivity index is 2.36. The second-order valence-corrected chi connectivity index (χ2v) is 7.52. The minimum Gasteiger partial charge on any atom is -0.354 e. The summed E-state index contributed by atoms with van der Waals surface area (Å²) in [6, 6.07) is 10.5. The van der Waals surface area contributed by atoms with Crippen LogP contribution in [-0.4, -0.2) is 29.3 Å². The monoisotopic (exact) mass is 438 g/mol. The molecule has 1 atom stereocenters. The zero-order valence-corrected chi connectivity index (χ0v) is 18.1. The van der Waals surface area contributed by atoms with Gasteiger partial charge in [0, 0.05) is 28.7 Å². The summed E-state index contributed by atoms with van der Waals surface area (Å²) in [5.74, 6) is -1.08. The summed E-state index contributed by atoms with van der Waals surface area (Å²) in [4.78, 5) is 27.3. The van der Waals surface area contributed by atoms with Crippen LogP contribution in [0.5, 0.6) is 0 Å². The van der Waals surface area contributed by atoms with E-state index in [0.29, 0.717) is 28.6 Å². The first-order valence-electron chi connectivity index (χ1n) is 9.62. The van der Waals surface area contributed by atoms with Crippen LogP contribution < -0.4 is 5.32 Å². The van der Waals surface area contributed by atoms with Gasteiger partial charge in [-0.1, -0.05) is 61.3 Å². The van der Waals surface area contributed by atoms with Gasteiger partial charge in [0.2, 0.25) is 11.8 Å². The summed E-state index contributed by atoms with van der Waals surface area (Å²) in [5, 5.41) is 3.65. The van der Waals surface area contributed by atoms with Crippen LogP contribution in [0.1, 0.15) is 37.8 Å². The summed E-state index contributed by atoms with van der Waals surface area (Å²) >= 11 is 12.6. The molecule has 0 saturated heterocycles. The zero-order valence-electron chi connectivity index (χ0n) is 16.6. The molecule has 0 fully saturated rings. The zero-order chi connectivity index (χ0) is 21.4. The van der Waals surface area contributed by atoms with Gasteiger partial charge in [-0.3, -0.25) is 9.59 Å². The Hall–Kier alpha value is -2.11. The first kappa shape index (κ1) is 23.2. The normalized spacial score (nSPS) is 11.8. The van der Waals surface area contributed by atoms with Gasteiger partial charge in [-0.2, -0.15) is 0 Å². The van der Waals surface area contributed by atoms with Crippen molar-refractivity contribution in [2.24, 2.45) is 0 Å². The molecule has 0 aromatic heterocycles. The summed E-state index contributed by atoms with van der Waals surface area (Å²) in [5.41, 5.74) is 0.830. The number of hydrogen-bond donors (Lipinski definition) is 1. The Morgan fingerprint density at radius 3 is 2.31 bits per heavy atom. The Morgan fingerprint density at radius 1 is 1.07 bits per heavy atom. The van der Waals surface area contributed by atoms with E-state index in [9.17, 15) is 14.0 Å². The molecule has 0 radical (unpaired) electrons. The van der Waals surface area contributed by atoms with Crippen LogP contribution in [0.25, 0.3) is 0 Å². The number of benzene rings is 2. The molecule has 29 heavy (non-hydrogen) atoms. The molecule has 2 aromatic carbocycles. The average molecular weight is 439 g/mol. The third-order valence-corrected chi connectivity index (χ3v) is 5.33. The van der Waals surface area contributed by atoms with E-state index >= 15 is 0 Å². The highest BCUT2D eigenvalue weighted by Gasteiger charge is 2.29. The number of hydrogen-bond acceptors (Lipinski definition) is 2. The van der Waals surface area contributed by atoms with Gasteiger partial charge < -0.3 is 10.2 Å². The van der Waals surface area contributed by atoms with Crippen LogP contribution in [0.4, 0.5) is 4.39 Å². The SMILES string of the molecule is CCCNC(=O)[C@H](CC)N(Cc1c(Cl)cccc1Cl)C(=O)Cc1ccccc1F. The summed E-state index contributed by atoms with van der Waals surface area (Å²) in [6.07, 6.45) is 1.02. The lowest BCUT2D eigenvalue weighted by Gasteiger charge is -2.31. The molecule has 2 aromatic rings. The number of nitrogens with one attached hydrogen (secondary N) is 1. The predicted octanol–water partition coefficient (Wildman–Crippen LogP) is 5.01. The van der Waals surface area contributed by atoms with Crippen molar-refractivity contribution in [1.82, 2.24) is 10.2 Å². The molecule has 2 rings (SSSR count). The number of rotatable bonds is 9. The van der Waals surface area contributed by atoms with Crippen LogP contribution >= 0.6 is 23.2 Å². The van der Waals surface area contributed by atoms with Crippen molar-refractivity contribution in [3.8, 4) is 0 Å². The molecule has 0 aliphatic rings. The molecule has 0 aliphatic carbocycles. The van der Waals surface area contributed by atoms with Crippen LogP contribution in [0.15, 0.2) is 42.5 Å². The van der Waals surface area contributed by atoms with E-state index in [1.54, 1.807) is 36.4 Å². The lowest BCUT2D eigenvalue weighted by molar-refractivity contribution is -0.141. The van der Waals surface area contributed by atoms with Crippen molar-refractivity contribution in [2.75, 3.05) is 6.54 Å². The maximum absolute atomic E-state index is 14.1. The van der Waals surface area contributed by atoms with E-state index in [-0.39, 0.29) is 30.3 Å². The van der Waals surface area contributed by atoms with E-state index in [4.69, 9.17) is 23.2 Å². The van der Waals surface area contributed by atoms with Crippen LogP contribution in [0.3, 0.4) is 0 Å². The molecule has 0 aliphatic heterocycles. The number of carbonyl (C=O) groups excluding carboxylic acids is 2. The van der Waals surface area contributed by atoms with Crippen molar-refractivity contribution in [1.29, 1.82) is 0 Å². The van der Waals surface area contributed by atoms with Gasteiger partial charge in [0.15, 0.2) is 0 Å². The smallest absolute Gasteiger partial charge is 0.242 e. The number of amides is 2. The quantitative estimate of drug-likeness (QED) is 0.597. The second-order valence-electron chi connectivity index (χ2n) is 6.71. The Morgan fingerprint density at radius 2 is 1.72 bits per heavy atom. The molecule has 0 unspecified atom stereocenters. The fourth-order valence-electron chi connectivity index (χ4n) is 3.05. The molecule has 7 heteroatoms. The van der Waals surface area contributed by atoms with Crippen molar-refractivity contribution in [2.45, 2.75) is 45.7 Å². The first-order valence-corrected chi connectivity index (χ1v) is 10.4. The number of carbonyl (C=O) groups is 2. The van der Waals surface area contributed by atoms with Gasteiger partial charge in [-0.15, -0.1) is 0 Å². The largest absolute Gasteiger partial charge is 0.354 e. The minimum atomic E-state index is -0.715. The average Bonchev–Trinajstić information content (AvgIpc) is 2.70. The number of nitrogens with zero attached hydrogens (tertiary/aromatic N) is 1. The number of halogens is 3. The highest BCUT2D eigenvalue weighted by Crippen LogP contribution is 2.27. The lowest BCUT2D eigenvalue weighted by atomic mass is 10.1. The van der Waals surface area contributed by atoms with Crippen molar-refractivity contribution in [3.63, 3.8) is 0 Å². The molecule has 0 bridgehead atoms. The second kappa shape index (κ2) is 11.2. The standard InChI is InChI=1S/C22H25Cl2FN2O2/c1-3-12-26-22(29)20(4-2)27(14-16-17(23)9-7-10-18(16)24)21(28)13-15-8-5-6-11-19(15)25/h5-11,20H,3-4,12-14H2,1-2H3,(H,26,29)/t20-/m0/s1. The van der Waals surface area contributed by atoms with E-state index in [2.05, 4.69) is 5.32 Å². The molecule has 0 heterocycles. The van der Waals surface area contributed by atoms with Gasteiger partial charge in [0.05, 0.1) is 6.42 Å². The van der Waals surface area contributed by atoms with Gasteiger partial charge in [0.1, 0.15) is 11.9 Å². The van der Waals surface area contributed by atoms with Gasteiger partial charge in [0.25, 0.3) is 0 Å². The summed E-state index contributed by atoms with van der Waals surface area (Å²) in [6.45, 7) is 4.35.